The van der Waals surface area contributed by atoms with E-state index in [1.54, 1.807) is 12.0 Å². The second-order valence-electron chi connectivity index (χ2n) is 7.41. The standard InChI is InChI=1S/C20H23NO4.ClH/c1-11(22)24-16-7-5-13-14-10-12-4-6-15(23-3)18-17(12)20(13,19(16)25-18)8-9-21(14)2;/h4-7,13-14,16,19H,8-10H2,1-3H3;1H/t13-,14+,16-,19-,20-;/m0./s1/i2D3;. The van der Waals surface area contributed by atoms with E-state index in [1.807, 2.05) is 24.3 Å². The van der Waals surface area contributed by atoms with E-state index in [0.717, 1.165) is 16.9 Å². The summed E-state index contributed by atoms with van der Waals surface area (Å²) in [5.74, 6) is 1.01. The maximum Gasteiger partial charge on any atom is 0.303 e. The van der Waals surface area contributed by atoms with Crippen molar-refractivity contribution in [3.8, 4) is 11.5 Å². The van der Waals surface area contributed by atoms with Crippen LogP contribution in [0.2, 0.25) is 0 Å². The van der Waals surface area contributed by atoms with Crippen molar-refractivity contribution in [2.75, 3.05) is 20.6 Å². The molecule has 2 bridgehead atoms. The number of hydrogen-bond donors (Lipinski definition) is 0. The summed E-state index contributed by atoms with van der Waals surface area (Å²) in [4.78, 5) is 13.3. The molecule has 4 aliphatic rings. The summed E-state index contributed by atoms with van der Waals surface area (Å²) >= 11 is 0. The molecule has 0 N–H and O–H groups in total. The molecule has 5 nitrogen and oxygen atoms in total. The molecule has 5 rings (SSSR count). The lowest BCUT2D eigenvalue weighted by Gasteiger charge is -2.56. The molecule has 140 valence electrons. The highest BCUT2D eigenvalue weighted by Crippen LogP contribution is 2.62. The van der Waals surface area contributed by atoms with E-state index in [2.05, 4.69) is 0 Å². The van der Waals surface area contributed by atoms with Crippen LogP contribution in [0.1, 0.15) is 28.6 Å². The Labute approximate surface area is 163 Å². The monoisotopic (exact) mass is 380 g/mol. The largest absolute Gasteiger partial charge is 0.493 e. The molecule has 1 spiro atoms. The van der Waals surface area contributed by atoms with Gasteiger partial charge in [0.05, 0.1) is 7.11 Å². The van der Waals surface area contributed by atoms with Crippen molar-refractivity contribution < 1.29 is 23.1 Å². The summed E-state index contributed by atoms with van der Waals surface area (Å²) in [5, 5.41) is 0. The normalized spacial score (nSPS) is 38.0. The number of piperidine rings is 1. The van der Waals surface area contributed by atoms with Gasteiger partial charge in [0.2, 0.25) is 0 Å². The van der Waals surface area contributed by atoms with Crippen LogP contribution < -0.4 is 9.47 Å². The number of nitrogens with zero attached hydrogens (tertiary/aromatic N) is 1. The second kappa shape index (κ2) is 5.89. The maximum absolute atomic E-state index is 11.7. The minimum Gasteiger partial charge on any atom is -0.493 e. The number of benzene rings is 1. The van der Waals surface area contributed by atoms with Crippen molar-refractivity contribution in [3.05, 3.63) is 35.4 Å². The van der Waals surface area contributed by atoms with Gasteiger partial charge in [0.25, 0.3) is 0 Å². The smallest absolute Gasteiger partial charge is 0.303 e. The first-order valence-electron chi connectivity index (χ1n) is 10.3. The summed E-state index contributed by atoms with van der Waals surface area (Å²) in [6.07, 6.45) is 4.32. The first-order valence-corrected chi connectivity index (χ1v) is 8.76. The average Bonchev–Trinajstić information content (AvgIpc) is 2.95. The molecule has 0 saturated carbocycles. The summed E-state index contributed by atoms with van der Waals surface area (Å²) < 4.78 is 41.6. The van der Waals surface area contributed by atoms with Crippen LogP contribution in [0.4, 0.5) is 0 Å². The predicted octanol–water partition coefficient (Wildman–Crippen LogP) is 2.49. The van der Waals surface area contributed by atoms with Crippen LogP contribution in [0, 0.1) is 5.92 Å². The van der Waals surface area contributed by atoms with Gasteiger partial charge in [-0.15, -0.1) is 12.4 Å². The Bertz CT molecular complexity index is 889. The number of ether oxygens (including phenoxy) is 3. The van der Waals surface area contributed by atoms with Crippen LogP contribution in [-0.4, -0.2) is 49.7 Å². The molecule has 2 aliphatic heterocycles. The maximum atomic E-state index is 11.7. The van der Waals surface area contributed by atoms with Crippen LogP contribution >= 0.6 is 12.4 Å². The fraction of sp³-hybridized carbons (Fsp3) is 0.550. The molecule has 1 aromatic rings. The molecule has 1 saturated heterocycles. The van der Waals surface area contributed by atoms with E-state index in [1.165, 1.54) is 6.92 Å². The van der Waals surface area contributed by atoms with E-state index >= 15 is 0 Å². The van der Waals surface area contributed by atoms with E-state index in [4.69, 9.17) is 18.3 Å². The Kier molecular flexibility index (Phi) is 3.25. The predicted molar refractivity (Wildman–Crippen MR) is 99.3 cm³/mol. The lowest BCUT2D eigenvalue weighted by molar-refractivity contribution is -0.152. The fourth-order valence-electron chi connectivity index (χ4n) is 5.48. The van der Waals surface area contributed by atoms with Crippen LogP contribution in [0.5, 0.6) is 11.5 Å². The molecule has 2 aliphatic carbocycles. The molecule has 0 unspecified atom stereocenters. The zero-order chi connectivity index (χ0) is 19.8. The van der Waals surface area contributed by atoms with Crippen LogP contribution in [0.25, 0.3) is 0 Å². The van der Waals surface area contributed by atoms with Gasteiger partial charge in [0, 0.05) is 34.0 Å². The topological polar surface area (TPSA) is 48.0 Å². The Morgan fingerprint density at radius 2 is 2.27 bits per heavy atom. The number of halogens is 1. The first-order chi connectivity index (χ1) is 13.3. The van der Waals surface area contributed by atoms with Crippen LogP contribution in [0.15, 0.2) is 24.3 Å². The highest BCUT2D eigenvalue weighted by molar-refractivity contribution is 5.85. The molecular weight excluding hydrogens is 354 g/mol. The van der Waals surface area contributed by atoms with Crippen molar-refractivity contribution in [2.45, 2.75) is 43.4 Å². The van der Waals surface area contributed by atoms with E-state index in [-0.39, 0.29) is 36.4 Å². The molecular formula is C20H24ClNO4. The highest BCUT2D eigenvalue weighted by atomic mass is 35.5. The number of rotatable bonds is 2. The number of esters is 1. The summed E-state index contributed by atoms with van der Waals surface area (Å²) in [6, 6.07) is 3.76. The molecule has 0 aromatic heterocycles. The molecule has 1 aromatic carbocycles. The molecule has 5 atom stereocenters. The van der Waals surface area contributed by atoms with Crippen LogP contribution in [0.3, 0.4) is 0 Å². The number of hydrogen-bond acceptors (Lipinski definition) is 5. The molecule has 26 heavy (non-hydrogen) atoms. The van der Waals surface area contributed by atoms with Crippen molar-refractivity contribution >= 4 is 18.4 Å². The quantitative estimate of drug-likeness (QED) is 0.582. The number of carbonyl (C=O) groups is 1. The fourth-order valence-corrected chi connectivity index (χ4v) is 5.48. The molecule has 2 heterocycles. The van der Waals surface area contributed by atoms with Gasteiger partial charge in [0.15, 0.2) is 17.6 Å². The Hall–Kier alpha value is -1.72. The van der Waals surface area contributed by atoms with Gasteiger partial charge in [-0.3, -0.25) is 4.79 Å². The third-order valence-corrected chi connectivity index (χ3v) is 6.36. The zero-order valence-corrected chi connectivity index (χ0v) is 15.5. The minimum absolute atomic E-state index is 0. The van der Waals surface area contributed by atoms with Gasteiger partial charge in [-0.05, 0) is 44.1 Å². The molecule has 1 fully saturated rings. The van der Waals surface area contributed by atoms with E-state index < -0.39 is 18.5 Å². The average molecular weight is 381 g/mol. The second-order valence-corrected chi connectivity index (χ2v) is 7.41. The summed E-state index contributed by atoms with van der Waals surface area (Å²) in [6.45, 7) is -0.296. The van der Waals surface area contributed by atoms with E-state index in [0.29, 0.717) is 25.1 Å². The minimum atomic E-state index is -2.14. The lowest BCUT2D eigenvalue weighted by atomic mass is 9.53. The number of likely N-dealkylation sites (tertiary alicyclic amines) is 1. The Morgan fingerprint density at radius 1 is 1.42 bits per heavy atom. The van der Waals surface area contributed by atoms with Crippen LogP contribution in [-0.2, 0) is 21.4 Å². The third-order valence-electron chi connectivity index (χ3n) is 6.36. The molecule has 0 amide bonds. The zero-order valence-electron chi connectivity index (χ0n) is 17.7. The number of likely N-dealkylation sites (N-methyl/N-ethyl adjacent to an activating group) is 1. The van der Waals surface area contributed by atoms with Crippen molar-refractivity contribution in [1.82, 2.24) is 4.90 Å². The van der Waals surface area contributed by atoms with Crippen molar-refractivity contribution in [3.63, 3.8) is 0 Å². The Morgan fingerprint density at radius 3 is 3.00 bits per heavy atom. The summed E-state index contributed by atoms with van der Waals surface area (Å²) in [7, 11) is 1.61. The molecule has 0 radical (unpaired) electrons. The third kappa shape index (κ3) is 2.04. The summed E-state index contributed by atoms with van der Waals surface area (Å²) in [5.41, 5.74) is 1.81. The van der Waals surface area contributed by atoms with Crippen molar-refractivity contribution in [1.29, 1.82) is 0 Å². The van der Waals surface area contributed by atoms with Gasteiger partial charge < -0.3 is 19.1 Å². The highest BCUT2D eigenvalue weighted by Gasteiger charge is 2.65. The van der Waals surface area contributed by atoms with E-state index in [9.17, 15) is 4.79 Å². The van der Waals surface area contributed by atoms with Gasteiger partial charge in [-0.25, -0.2) is 0 Å². The molecule has 6 heteroatoms. The van der Waals surface area contributed by atoms with Gasteiger partial charge in [0.1, 0.15) is 6.10 Å². The first kappa shape index (κ1) is 14.4. The lowest BCUT2D eigenvalue weighted by Crippen LogP contribution is -2.65. The number of carbonyl (C=O) groups excluding carboxylic acids is 1. The Balaban J connectivity index is 0.00000205. The van der Waals surface area contributed by atoms with Crippen molar-refractivity contribution in [2.24, 2.45) is 5.92 Å². The van der Waals surface area contributed by atoms with Gasteiger partial charge in [-0.2, -0.15) is 0 Å². The van der Waals surface area contributed by atoms with Gasteiger partial charge >= 0.3 is 5.97 Å². The SMILES string of the molecule is Cl.[2H]C([2H])([2H])N1CC[C@]23c4c5ccc(OC)c4O[C@H]2[C@@H](OC(C)=O)C=C[C@H]3[C@H]1C5. The van der Waals surface area contributed by atoms with Gasteiger partial charge in [-0.1, -0.05) is 12.1 Å². The number of methoxy groups -OCH3 is 1.